The summed E-state index contributed by atoms with van der Waals surface area (Å²) in [5.74, 6) is 2.36. The molecular formula is C13H19N3S. The Balaban J connectivity index is 1.94. The quantitative estimate of drug-likeness (QED) is 0.874. The molecular weight excluding hydrogens is 230 g/mol. The Kier molecular flexibility index (Phi) is 3.34. The fourth-order valence-electron chi connectivity index (χ4n) is 2.64. The van der Waals surface area contributed by atoms with Crippen LogP contribution >= 0.6 is 11.8 Å². The zero-order valence-electron chi connectivity index (χ0n) is 10.3. The number of thioether (sulfide) groups is 1. The highest BCUT2D eigenvalue weighted by Gasteiger charge is 2.23. The van der Waals surface area contributed by atoms with Gasteiger partial charge in [-0.05, 0) is 25.0 Å². The highest BCUT2D eigenvalue weighted by Crippen LogP contribution is 2.37. The molecule has 3 heterocycles. The van der Waals surface area contributed by atoms with Crippen LogP contribution in [0.1, 0.15) is 54.2 Å². The summed E-state index contributed by atoms with van der Waals surface area (Å²) >= 11 is 2.04. The summed E-state index contributed by atoms with van der Waals surface area (Å²) in [5.41, 5.74) is 3.87. The third kappa shape index (κ3) is 2.20. The second-order valence-electron chi connectivity index (χ2n) is 4.77. The Hall–Kier alpha value is -0.610. The molecule has 1 fully saturated rings. The summed E-state index contributed by atoms with van der Waals surface area (Å²) < 4.78 is 0. The van der Waals surface area contributed by atoms with E-state index in [0.29, 0.717) is 5.25 Å². The molecule has 3 rings (SSSR count). The lowest BCUT2D eigenvalue weighted by molar-refractivity contribution is 0.654. The van der Waals surface area contributed by atoms with E-state index in [1.54, 1.807) is 0 Å². The predicted molar refractivity (Wildman–Crippen MR) is 71.0 cm³/mol. The number of aromatic nitrogens is 2. The van der Waals surface area contributed by atoms with E-state index in [-0.39, 0.29) is 0 Å². The van der Waals surface area contributed by atoms with E-state index in [2.05, 4.69) is 12.2 Å². The smallest absolute Gasteiger partial charge is 0.141 e. The maximum Gasteiger partial charge on any atom is 0.141 e. The Bertz CT molecular complexity index is 413. The number of hydrogen-bond acceptors (Lipinski definition) is 4. The molecule has 1 aromatic rings. The van der Waals surface area contributed by atoms with Crippen molar-refractivity contribution in [2.24, 2.45) is 0 Å². The molecule has 17 heavy (non-hydrogen) atoms. The van der Waals surface area contributed by atoms with E-state index in [1.165, 1.54) is 42.0 Å². The summed E-state index contributed by atoms with van der Waals surface area (Å²) in [4.78, 5) is 9.61. The van der Waals surface area contributed by atoms with Gasteiger partial charge in [0.1, 0.15) is 5.82 Å². The highest BCUT2D eigenvalue weighted by molar-refractivity contribution is 7.99. The number of nitrogens with zero attached hydrogens (tertiary/aromatic N) is 2. The summed E-state index contributed by atoms with van der Waals surface area (Å²) in [5, 5.41) is 3.92. The molecule has 0 saturated carbocycles. The molecule has 1 aromatic heterocycles. The predicted octanol–water partition coefficient (Wildman–Crippen LogP) is 2.60. The summed E-state index contributed by atoms with van der Waals surface area (Å²) in [7, 11) is 0. The van der Waals surface area contributed by atoms with Crippen LogP contribution in [0.15, 0.2) is 0 Å². The standard InChI is InChI=1S/C13H19N3S/c1-2-10-9-7-14-8-11(9)16-13(15-10)12-5-3-4-6-17-12/h12,14H,2-8H2,1H3. The minimum atomic E-state index is 0.542. The zero-order chi connectivity index (χ0) is 11.7. The van der Waals surface area contributed by atoms with E-state index in [0.717, 1.165) is 25.3 Å². The molecule has 2 aliphatic heterocycles. The van der Waals surface area contributed by atoms with Gasteiger partial charge >= 0.3 is 0 Å². The van der Waals surface area contributed by atoms with Crippen molar-refractivity contribution in [3.8, 4) is 0 Å². The minimum absolute atomic E-state index is 0.542. The SMILES string of the molecule is CCc1nc(C2CCCCS2)nc2c1CNC2. The van der Waals surface area contributed by atoms with Crippen LogP contribution < -0.4 is 5.32 Å². The van der Waals surface area contributed by atoms with Gasteiger partial charge in [0.2, 0.25) is 0 Å². The van der Waals surface area contributed by atoms with Crippen molar-refractivity contribution >= 4 is 11.8 Å². The van der Waals surface area contributed by atoms with Gasteiger partial charge in [-0.25, -0.2) is 9.97 Å². The van der Waals surface area contributed by atoms with Crippen LogP contribution in [-0.2, 0) is 19.5 Å². The van der Waals surface area contributed by atoms with Gasteiger partial charge in [-0.3, -0.25) is 0 Å². The van der Waals surface area contributed by atoms with Gasteiger partial charge in [0.05, 0.1) is 10.9 Å². The van der Waals surface area contributed by atoms with E-state index in [4.69, 9.17) is 9.97 Å². The molecule has 4 heteroatoms. The first-order valence-electron chi connectivity index (χ1n) is 6.59. The van der Waals surface area contributed by atoms with Crippen LogP contribution in [0.4, 0.5) is 0 Å². The third-order valence-electron chi connectivity index (χ3n) is 3.59. The molecule has 2 aliphatic rings. The van der Waals surface area contributed by atoms with Crippen LogP contribution in [0.2, 0.25) is 0 Å². The van der Waals surface area contributed by atoms with Crippen LogP contribution in [0.5, 0.6) is 0 Å². The summed E-state index contributed by atoms with van der Waals surface area (Å²) in [6.45, 7) is 4.07. The lowest BCUT2D eigenvalue weighted by Gasteiger charge is -2.21. The fraction of sp³-hybridized carbons (Fsp3) is 0.692. The van der Waals surface area contributed by atoms with Gasteiger partial charge < -0.3 is 5.32 Å². The second-order valence-corrected chi connectivity index (χ2v) is 6.08. The van der Waals surface area contributed by atoms with Crippen molar-refractivity contribution in [2.75, 3.05) is 5.75 Å². The van der Waals surface area contributed by atoms with Gasteiger partial charge in [-0.2, -0.15) is 11.8 Å². The van der Waals surface area contributed by atoms with Crippen molar-refractivity contribution in [1.82, 2.24) is 15.3 Å². The van der Waals surface area contributed by atoms with Gasteiger partial charge in [0.25, 0.3) is 0 Å². The molecule has 0 aliphatic carbocycles. The molecule has 0 spiro atoms. The first kappa shape index (κ1) is 11.5. The molecule has 0 amide bonds. The molecule has 0 radical (unpaired) electrons. The lowest BCUT2D eigenvalue weighted by atomic mass is 10.1. The Morgan fingerprint density at radius 2 is 2.24 bits per heavy atom. The molecule has 1 saturated heterocycles. The van der Waals surface area contributed by atoms with E-state index < -0.39 is 0 Å². The van der Waals surface area contributed by atoms with Crippen molar-refractivity contribution < 1.29 is 0 Å². The number of fused-ring (bicyclic) bond motifs is 1. The monoisotopic (exact) mass is 249 g/mol. The maximum absolute atomic E-state index is 4.81. The summed E-state index contributed by atoms with van der Waals surface area (Å²) in [6, 6.07) is 0. The highest BCUT2D eigenvalue weighted by atomic mass is 32.2. The lowest BCUT2D eigenvalue weighted by Crippen LogP contribution is -2.11. The molecule has 3 nitrogen and oxygen atoms in total. The van der Waals surface area contributed by atoms with Gasteiger partial charge in [0, 0.05) is 24.3 Å². The molecule has 1 unspecified atom stereocenters. The Morgan fingerprint density at radius 1 is 1.29 bits per heavy atom. The molecule has 1 N–H and O–H groups in total. The van der Waals surface area contributed by atoms with Crippen LogP contribution in [0.3, 0.4) is 0 Å². The number of hydrogen-bond donors (Lipinski definition) is 1. The van der Waals surface area contributed by atoms with Crippen molar-refractivity contribution in [3.05, 3.63) is 22.8 Å². The second kappa shape index (κ2) is 4.94. The first-order valence-corrected chi connectivity index (χ1v) is 7.64. The number of aryl methyl sites for hydroxylation is 1. The first-order chi connectivity index (χ1) is 8.38. The summed E-state index contributed by atoms with van der Waals surface area (Å²) in [6.07, 6.45) is 4.96. The Labute approximate surface area is 107 Å². The van der Waals surface area contributed by atoms with E-state index in [1.807, 2.05) is 11.8 Å². The normalized spacial score (nSPS) is 23.7. The number of rotatable bonds is 2. The van der Waals surface area contributed by atoms with E-state index in [9.17, 15) is 0 Å². The maximum atomic E-state index is 4.81. The third-order valence-corrected chi connectivity index (χ3v) is 4.97. The molecule has 0 bridgehead atoms. The minimum Gasteiger partial charge on any atom is -0.307 e. The number of nitrogens with one attached hydrogen (secondary N) is 1. The van der Waals surface area contributed by atoms with Crippen molar-refractivity contribution in [2.45, 2.75) is 50.9 Å². The molecule has 92 valence electrons. The van der Waals surface area contributed by atoms with Crippen LogP contribution in [0, 0.1) is 0 Å². The van der Waals surface area contributed by atoms with Crippen molar-refractivity contribution in [1.29, 1.82) is 0 Å². The average Bonchev–Trinajstić information content (AvgIpc) is 2.86. The Morgan fingerprint density at radius 3 is 3.00 bits per heavy atom. The topological polar surface area (TPSA) is 37.8 Å². The van der Waals surface area contributed by atoms with Gasteiger partial charge in [-0.1, -0.05) is 13.3 Å². The zero-order valence-corrected chi connectivity index (χ0v) is 11.1. The van der Waals surface area contributed by atoms with E-state index >= 15 is 0 Å². The fourth-order valence-corrected chi connectivity index (χ4v) is 3.88. The van der Waals surface area contributed by atoms with Crippen LogP contribution in [-0.4, -0.2) is 15.7 Å². The van der Waals surface area contributed by atoms with Crippen molar-refractivity contribution in [3.63, 3.8) is 0 Å². The average molecular weight is 249 g/mol. The largest absolute Gasteiger partial charge is 0.307 e. The van der Waals surface area contributed by atoms with Gasteiger partial charge in [-0.15, -0.1) is 0 Å². The van der Waals surface area contributed by atoms with Gasteiger partial charge in [0.15, 0.2) is 0 Å². The van der Waals surface area contributed by atoms with Crippen LogP contribution in [0.25, 0.3) is 0 Å². The molecule has 0 aromatic carbocycles. The molecule has 1 atom stereocenters.